The van der Waals surface area contributed by atoms with E-state index >= 15 is 0 Å². The molecular formula is C30H38N3O+. The summed E-state index contributed by atoms with van der Waals surface area (Å²) in [6.07, 6.45) is 22.5. The molecule has 0 spiro atoms. The maximum Gasteiger partial charge on any atom is 0.318 e. The van der Waals surface area contributed by atoms with Gasteiger partial charge in [-0.2, -0.15) is 0 Å². The summed E-state index contributed by atoms with van der Waals surface area (Å²) in [5.41, 5.74) is 1.83. The monoisotopic (exact) mass is 456 g/mol. The topological polar surface area (TPSA) is 32.3 Å². The minimum atomic E-state index is -0.426. The highest BCUT2D eigenvalue weighted by Gasteiger charge is 2.48. The smallest absolute Gasteiger partial charge is 0.318 e. The zero-order chi connectivity index (χ0) is 24.4. The van der Waals surface area contributed by atoms with E-state index < -0.39 is 5.54 Å². The van der Waals surface area contributed by atoms with Gasteiger partial charge in [-0.05, 0) is 17.6 Å². The lowest BCUT2D eigenvalue weighted by molar-refractivity contribution is -0.898. The first kappa shape index (κ1) is 25.3. The molecule has 3 rings (SSSR count). The van der Waals surface area contributed by atoms with E-state index in [4.69, 9.17) is 6.42 Å². The Kier molecular flexibility index (Phi) is 8.73. The molecule has 2 aliphatic heterocycles. The summed E-state index contributed by atoms with van der Waals surface area (Å²) in [5.74, 6) is 2.61. The zero-order valence-electron chi connectivity index (χ0n) is 20.5. The number of nitrogens with one attached hydrogen (secondary N) is 1. The van der Waals surface area contributed by atoms with Gasteiger partial charge in [0.05, 0.1) is 44.8 Å². The van der Waals surface area contributed by atoms with Crippen molar-refractivity contribution in [3.63, 3.8) is 0 Å². The van der Waals surface area contributed by atoms with Crippen molar-refractivity contribution in [2.45, 2.75) is 37.3 Å². The van der Waals surface area contributed by atoms with Crippen LogP contribution in [0, 0.1) is 12.3 Å². The Bertz CT molecular complexity index is 1000. The summed E-state index contributed by atoms with van der Waals surface area (Å²) in [6.45, 7) is 11.6. The molecule has 2 aliphatic rings. The maximum atomic E-state index is 13.2. The second-order valence-electron chi connectivity index (χ2n) is 9.67. The van der Waals surface area contributed by atoms with Gasteiger partial charge in [-0.15, -0.1) is 12.3 Å². The highest BCUT2D eigenvalue weighted by Crippen LogP contribution is 2.35. The van der Waals surface area contributed by atoms with Gasteiger partial charge in [0.2, 0.25) is 0 Å². The van der Waals surface area contributed by atoms with E-state index in [1.54, 1.807) is 6.08 Å². The molecule has 2 saturated heterocycles. The van der Waals surface area contributed by atoms with Gasteiger partial charge in [0.15, 0.2) is 0 Å². The molecule has 34 heavy (non-hydrogen) atoms. The van der Waals surface area contributed by atoms with Crippen molar-refractivity contribution in [1.29, 1.82) is 0 Å². The van der Waals surface area contributed by atoms with Crippen molar-refractivity contribution in [1.82, 2.24) is 10.2 Å². The molecule has 1 N–H and O–H groups in total. The van der Waals surface area contributed by atoms with Crippen molar-refractivity contribution in [3.8, 4) is 12.3 Å². The van der Waals surface area contributed by atoms with Crippen LogP contribution >= 0.6 is 0 Å². The fourth-order valence-corrected chi connectivity index (χ4v) is 5.00. The van der Waals surface area contributed by atoms with E-state index in [9.17, 15) is 4.79 Å². The third-order valence-corrected chi connectivity index (χ3v) is 6.99. The predicted octanol–water partition coefficient (Wildman–Crippen LogP) is 5.34. The fourth-order valence-electron chi connectivity index (χ4n) is 5.00. The van der Waals surface area contributed by atoms with E-state index in [1.807, 2.05) is 48.6 Å². The summed E-state index contributed by atoms with van der Waals surface area (Å²) in [7, 11) is 2.30. The zero-order valence-corrected chi connectivity index (χ0v) is 20.5. The third-order valence-electron chi connectivity index (χ3n) is 6.99. The van der Waals surface area contributed by atoms with Gasteiger partial charge in [0.25, 0.3) is 0 Å². The van der Waals surface area contributed by atoms with Crippen LogP contribution in [0.25, 0.3) is 0 Å². The number of likely N-dealkylation sites (N-methyl/N-ethyl adjacent to an activating group) is 1. The van der Waals surface area contributed by atoms with Crippen LogP contribution in [0.4, 0.5) is 4.79 Å². The molecule has 0 aliphatic carbocycles. The molecule has 0 saturated carbocycles. The summed E-state index contributed by atoms with van der Waals surface area (Å²) >= 11 is 0. The SMILES string of the molecule is C#CC/C=C\C=C/CC1(c2ccccc2)CN(C2CC[N+](C)(CCC(=C)/C=C\C=C)C2)C(=O)N1. The summed E-state index contributed by atoms with van der Waals surface area (Å²) < 4.78 is 0.966. The number of nitrogens with zero attached hydrogens (tertiary/aromatic N) is 2. The van der Waals surface area contributed by atoms with Crippen molar-refractivity contribution < 1.29 is 9.28 Å². The molecule has 0 radical (unpaired) electrons. The standard InChI is InChI=1S/C30H37N3O/c1-5-7-9-10-11-15-21-30(27-17-13-12-14-18-27)25-32(29(34)31-30)28-20-23-33(4,24-28)22-19-26(3)16-8-6-2/h1,6,8-18,28H,2-3,7,19-25H2,4H3/p+1/b10-9-,15-11-,16-8-. The molecule has 178 valence electrons. The van der Waals surface area contributed by atoms with Gasteiger partial charge >= 0.3 is 6.03 Å². The number of allylic oxidation sites excluding steroid dienone is 6. The molecule has 2 heterocycles. The molecular weight excluding hydrogens is 418 g/mol. The average molecular weight is 457 g/mol. The Morgan fingerprint density at radius 2 is 2.06 bits per heavy atom. The predicted molar refractivity (Wildman–Crippen MR) is 142 cm³/mol. The van der Waals surface area contributed by atoms with E-state index in [1.165, 1.54) is 0 Å². The molecule has 2 amide bonds. The second kappa shape index (κ2) is 11.7. The quantitative estimate of drug-likeness (QED) is 0.272. The number of hydrogen-bond donors (Lipinski definition) is 1. The Hall–Kier alpha value is -3.29. The fraction of sp³-hybridized carbons (Fsp3) is 0.367. The third kappa shape index (κ3) is 6.40. The number of likely N-dealkylation sites (tertiary alicyclic amines) is 1. The first-order chi connectivity index (χ1) is 16.4. The maximum absolute atomic E-state index is 13.2. The molecule has 1 aromatic rings. The van der Waals surface area contributed by atoms with Gasteiger partial charge in [-0.3, -0.25) is 0 Å². The Balaban J connectivity index is 1.70. The van der Waals surface area contributed by atoms with Crippen LogP contribution in [0.5, 0.6) is 0 Å². The van der Waals surface area contributed by atoms with Crippen LogP contribution in [-0.2, 0) is 5.54 Å². The van der Waals surface area contributed by atoms with Crippen molar-refractivity contribution in [3.05, 3.63) is 97.2 Å². The van der Waals surface area contributed by atoms with E-state index in [-0.39, 0.29) is 12.1 Å². The normalized spacial score (nSPS) is 27.0. The first-order valence-corrected chi connectivity index (χ1v) is 12.1. The molecule has 3 unspecified atom stereocenters. The molecule has 2 fully saturated rings. The molecule has 0 bridgehead atoms. The number of amides is 2. The molecule has 3 atom stereocenters. The summed E-state index contributed by atoms with van der Waals surface area (Å²) in [6, 6.07) is 10.6. The minimum absolute atomic E-state index is 0.0388. The van der Waals surface area contributed by atoms with Gasteiger partial charge < -0.3 is 14.7 Å². The number of rotatable bonds is 11. The Labute approximate surface area is 205 Å². The summed E-state index contributed by atoms with van der Waals surface area (Å²) in [4.78, 5) is 15.3. The Morgan fingerprint density at radius 1 is 1.29 bits per heavy atom. The van der Waals surface area contributed by atoms with E-state index in [2.05, 4.69) is 54.6 Å². The van der Waals surface area contributed by atoms with Crippen LogP contribution < -0.4 is 5.32 Å². The molecule has 0 aromatic heterocycles. The second-order valence-corrected chi connectivity index (χ2v) is 9.67. The lowest BCUT2D eigenvalue weighted by atomic mass is 9.87. The van der Waals surface area contributed by atoms with Crippen molar-refractivity contribution in [2.24, 2.45) is 0 Å². The van der Waals surface area contributed by atoms with Crippen LogP contribution in [0.2, 0.25) is 0 Å². The van der Waals surface area contributed by atoms with E-state index in [0.29, 0.717) is 13.0 Å². The highest BCUT2D eigenvalue weighted by atomic mass is 16.2. The van der Waals surface area contributed by atoms with Gasteiger partial charge in [-0.1, -0.05) is 86.0 Å². The number of quaternary nitrogens is 1. The number of carbonyl (C=O) groups excluding carboxylic acids is 1. The van der Waals surface area contributed by atoms with Gasteiger partial charge in [0.1, 0.15) is 0 Å². The molecule has 4 heteroatoms. The van der Waals surface area contributed by atoms with Crippen molar-refractivity contribution in [2.75, 3.05) is 33.2 Å². The molecule has 4 nitrogen and oxygen atoms in total. The minimum Gasteiger partial charge on any atom is -0.326 e. The first-order valence-electron chi connectivity index (χ1n) is 12.1. The number of urea groups is 1. The number of hydrogen-bond acceptors (Lipinski definition) is 1. The van der Waals surface area contributed by atoms with Gasteiger partial charge in [-0.25, -0.2) is 4.79 Å². The number of carbonyl (C=O) groups is 1. The lowest BCUT2D eigenvalue weighted by Gasteiger charge is -2.32. The van der Waals surface area contributed by atoms with Crippen LogP contribution in [-0.4, -0.2) is 54.7 Å². The summed E-state index contributed by atoms with van der Waals surface area (Å²) in [5, 5.41) is 3.35. The Morgan fingerprint density at radius 3 is 2.79 bits per heavy atom. The highest BCUT2D eigenvalue weighted by molar-refractivity contribution is 5.79. The molecule has 1 aromatic carbocycles. The largest absolute Gasteiger partial charge is 0.326 e. The van der Waals surface area contributed by atoms with Crippen LogP contribution in [0.15, 0.2) is 91.6 Å². The number of benzene rings is 1. The van der Waals surface area contributed by atoms with Crippen molar-refractivity contribution >= 4 is 6.03 Å². The average Bonchev–Trinajstić information content (AvgIpc) is 3.40. The number of terminal acetylenes is 1. The van der Waals surface area contributed by atoms with Gasteiger partial charge in [0, 0.05) is 19.3 Å². The van der Waals surface area contributed by atoms with E-state index in [0.717, 1.165) is 54.5 Å². The van der Waals surface area contributed by atoms with Crippen LogP contribution in [0.3, 0.4) is 0 Å². The lowest BCUT2D eigenvalue weighted by Crippen LogP contribution is -2.47. The van der Waals surface area contributed by atoms with Crippen LogP contribution in [0.1, 0.15) is 31.2 Å².